The number of anilines is 1. The van der Waals surface area contributed by atoms with Gasteiger partial charge in [-0.2, -0.15) is 0 Å². The number of carboxylic acid groups (broad SMARTS) is 1. The van der Waals surface area contributed by atoms with Gasteiger partial charge in [-0.05, 0) is 36.1 Å². The van der Waals surface area contributed by atoms with Gasteiger partial charge in [-0.1, -0.05) is 31.9 Å². The number of aliphatic carboxylic acids is 1. The number of carboxylic acids is 1. The van der Waals surface area contributed by atoms with Crippen LogP contribution in [0.1, 0.15) is 36.5 Å². The zero-order chi connectivity index (χ0) is 19.2. The summed E-state index contributed by atoms with van der Waals surface area (Å²) >= 11 is 1.08. The maximum atomic E-state index is 12.3. The van der Waals surface area contributed by atoms with Crippen LogP contribution in [0.5, 0.6) is 0 Å². The maximum Gasteiger partial charge on any atom is 0.326 e. The number of benzene rings is 1. The Bertz CT molecular complexity index is 863. The van der Waals surface area contributed by atoms with E-state index in [2.05, 4.69) is 10.0 Å². The number of nitrogens with one attached hydrogen (secondary N) is 2. The summed E-state index contributed by atoms with van der Waals surface area (Å²) in [7, 11) is -3.72. The van der Waals surface area contributed by atoms with Crippen molar-refractivity contribution in [3.05, 3.63) is 47.3 Å². The molecule has 2 rings (SSSR count). The van der Waals surface area contributed by atoms with Crippen LogP contribution in [0.4, 0.5) is 5.69 Å². The van der Waals surface area contributed by atoms with Crippen LogP contribution in [0.25, 0.3) is 0 Å². The fraction of sp³-hybridized carbons (Fsp3) is 0.294. The van der Waals surface area contributed by atoms with Gasteiger partial charge in [-0.25, -0.2) is 13.2 Å². The molecule has 1 aromatic carbocycles. The molecule has 0 bridgehead atoms. The Morgan fingerprint density at radius 3 is 2.62 bits per heavy atom. The third-order valence-electron chi connectivity index (χ3n) is 3.59. The van der Waals surface area contributed by atoms with Crippen LogP contribution in [0.3, 0.4) is 0 Å². The number of carbonyl (C=O) groups excluding carboxylic acids is 1. The normalized spacial score (nSPS) is 12.3. The average molecular weight is 396 g/mol. The Morgan fingerprint density at radius 2 is 2.00 bits per heavy atom. The van der Waals surface area contributed by atoms with Gasteiger partial charge in [-0.3, -0.25) is 9.52 Å². The number of thiophene rings is 1. The molecule has 1 aromatic heterocycles. The van der Waals surface area contributed by atoms with Gasteiger partial charge in [-0.15, -0.1) is 11.3 Å². The van der Waals surface area contributed by atoms with Crippen molar-refractivity contribution in [2.24, 2.45) is 0 Å². The number of unbranched alkanes of at least 4 members (excludes halogenated alkanes) is 1. The van der Waals surface area contributed by atoms with Crippen molar-refractivity contribution in [2.45, 2.75) is 36.4 Å². The molecular weight excluding hydrogens is 376 g/mol. The van der Waals surface area contributed by atoms with E-state index in [1.54, 1.807) is 11.4 Å². The predicted octanol–water partition coefficient (Wildman–Crippen LogP) is 2.92. The molecule has 0 radical (unpaired) electrons. The predicted molar refractivity (Wildman–Crippen MR) is 100.0 cm³/mol. The quantitative estimate of drug-likeness (QED) is 0.603. The Balaban J connectivity index is 2.13. The van der Waals surface area contributed by atoms with E-state index in [9.17, 15) is 23.1 Å². The highest BCUT2D eigenvalue weighted by Crippen LogP contribution is 2.21. The van der Waals surface area contributed by atoms with Crippen LogP contribution in [-0.4, -0.2) is 31.4 Å². The van der Waals surface area contributed by atoms with Crippen LogP contribution < -0.4 is 10.0 Å². The highest BCUT2D eigenvalue weighted by molar-refractivity contribution is 7.94. The van der Waals surface area contributed by atoms with E-state index in [-0.39, 0.29) is 15.5 Å². The summed E-state index contributed by atoms with van der Waals surface area (Å²) in [6.45, 7) is 1.93. The molecule has 1 amide bonds. The summed E-state index contributed by atoms with van der Waals surface area (Å²) < 4.78 is 27.1. The smallest absolute Gasteiger partial charge is 0.326 e. The van der Waals surface area contributed by atoms with E-state index in [1.807, 2.05) is 6.92 Å². The number of amides is 1. The van der Waals surface area contributed by atoms with Crippen molar-refractivity contribution in [1.82, 2.24) is 5.32 Å². The molecule has 0 fully saturated rings. The molecule has 0 saturated carbocycles. The molecule has 1 heterocycles. The van der Waals surface area contributed by atoms with Gasteiger partial charge >= 0.3 is 5.97 Å². The second-order valence-corrected chi connectivity index (χ2v) is 8.48. The fourth-order valence-electron chi connectivity index (χ4n) is 2.25. The minimum Gasteiger partial charge on any atom is -0.480 e. The molecule has 0 spiro atoms. The zero-order valence-corrected chi connectivity index (χ0v) is 15.8. The standard InChI is InChI=1S/C17H20N2O5S2/c1-2-3-8-14(17(21)22)18-16(20)12-6-4-7-13(11-12)19-26(23,24)15-9-5-10-25-15/h4-7,9-11,14,19H,2-3,8H2,1H3,(H,18,20)(H,21,22). The summed E-state index contributed by atoms with van der Waals surface area (Å²) in [4.78, 5) is 23.6. The molecule has 1 unspecified atom stereocenters. The number of sulfonamides is 1. The molecule has 140 valence electrons. The van der Waals surface area contributed by atoms with Gasteiger partial charge in [0.2, 0.25) is 0 Å². The van der Waals surface area contributed by atoms with Crippen molar-refractivity contribution in [2.75, 3.05) is 4.72 Å². The lowest BCUT2D eigenvalue weighted by molar-refractivity contribution is -0.139. The van der Waals surface area contributed by atoms with Crippen molar-refractivity contribution >= 4 is 38.9 Å². The van der Waals surface area contributed by atoms with E-state index < -0.39 is 27.9 Å². The zero-order valence-electron chi connectivity index (χ0n) is 14.1. The van der Waals surface area contributed by atoms with E-state index in [4.69, 9.17) is 0 Å². The first-order chi connectivity index (χ1) is 12.3. The van der Waals surface area contributed by atoms with Crippen LogP contribution in [0.2, 0.25) is 0 Å². The third kappa shape index (κ3) is 5.30. The average Bonchev–Trinajstić information content (AvgIpc) is 3.13. The maximum absolute atomic E-state index is 12.3. The molecule has 0 aliphatic heterocycles. The summed E-state index contributed by atoms with van der Waals surface area (Å²) in [5.74, 6) is -1.66. The molecule has 1 atom stereocenters. The number of rotatable bonds is 9. The second-order valence-electron chi connectivity index (χ2n) is 5.62. The fourth-order valence-corrected chi connectivity index (χ4v) is 4.30. The molecule has 3 N–H and O–H groups in total. The molecule has 0 aliphatic carbocycles. The third-order valence-corrected chi connectivity index (χ3v) is 6.37. The van der Waals surface area contributed by atoms with E-state index in [1.165, 1.54) is 30.3 Å². The van der Waals surface area contributed by atoms with E-state index in [0.29, 0.717) is 12.8 Å². The van der Waals surface area contributed by atoms with Crippen molar-refractivity contribution in [3.63, 3.8) is 0 Å². The topological polar surface area (TPSA) is 113 Å². The SMILES string of the molecule is CCCCC(NC(=O)c1cccc(NS(=O)(=O)c2cccs2)c1)C(=O)O. The van der Waals surface area contributed by atoms with Crippen molar-refractivity contribution in [3.8, 4) is 0 Å². The summed E-state index contributed by atoms with van der Waals surface area (Å²) in [6.07, 6.45) is 1.83. The largest absolute Gasteiger partial charge is 0.480 e. The second kappa shape index (κ2) is 8.81. The lowest BCUT2D eigenvalue weighted by Crippen LogP contribution is -2.40. The number of hydrogen-bond donors (Lipinski definition) is 3. The highest BCUT2D eigenvalue weighted by atomic mass is 32.2. The Kier molecular flexibility index (Phi) is 6.76. The lowest BCUT2D eigenvalue weighted by Gasteiger charge is -2.14. The molecule has 2 aromatic rings. The monoisotopic (exact) mass is 396 g/mol. The number of carbonyl (C=O) groups is 2. The lowest BCUT2D eigenvalue weighted by atomic mass is 10.1. The van der Waals surface area contributed by atoms with Gasteiger partial charge in [0.15, 0.2) is 0 Å². The van der Waals surface area contributed by atoms with Crippen molar-refractivity contribution < 1.29 is 23.1 Å². The molecule has 26 heavy (non-hydrogen) atoms. The minimum atomic E-state index is -3.72. The van der Waals surface area contributed by atoms with Gasteiger partial charge in [0, 0.05) is 11.3 Å². The molecule has 9 heteroatoms. The summed E-state index contributed by atoms with van der Waals surface area (Å²) in [5.41, 5.74) is 0.408. The van der Waals surface area contributed by atoms with Gasteiger partial charge < -0.3 is 10.4 Å². The Morgan fingerprint density at radius 1 is 1.23 bits per heavy atom. The van der Waals surface area contributed by atoms with E-state index in [0.717, 1.165) is 17.8 Å². The van der Waals surface area contributed by atoms with Crippen LogP contribution >= 0.6 is 11.3 Å². The van der Waals surface area contributed by atoms with Gasteiger partial charge in [0.25, 0.3) is 15.9 Å². The van der Waals surface area contributed by atoms with Gasteiger partial charge in [0.05, 0.1) is 0 Å². The summed E-state index contributed by atoms with van der Waals surface area (Å²) in [5, 5.41) is 13.3. The molecule has 0 aliphatic rings. The first-order valence-electron chi connectivity index (χ1n) is 8.03. The molecule has 7 nitrogen and oxygen atoms in total. The first-order valence-corrected chi connectivity index (χ1v) is 10.4. The Labute approximate surface area is 156 Å². The Hall–Kier alpha value is -2.39. The van der Waals surface area contributed by atoms with Crippen LogP contribution in [-0.2, 0) is 14.8 Å². The van der Waals surface area contributed by atoms with Crippen molar-refractivity contribution in [1.29, 1.82) is 0 Å². The van der Waals surface area contributed by atoms with Gasteiger partial charge in [0.1, 0.15) is 10.3 Å². The first kappa shape index (κ1) is 19.9. The van der Waals surface area contributed by atoms with Crippen LogP contribution in [0, 0.1) is 0 Å². The van der Waals surface area contributed by atoms with Crippen LogP contribution in [0.15, 0.2) is 46.0 Å². The van der Waals surface area contributed by atoms with E-state index >= 15 is 0 Å². The highest BCUT2D eigenvalue weighted by Gasteiger charge is 2.21. The number of hydrogen-bond acceptors (Lipinski definition) is 5. The summed E-state index contributed by atoms with van der Waals surface area (Å²) in [6, 6.07) is 8.06. The molecule has 0 saturated heterocycles. The molecular formula is C17H20N2O5S2. The minimum absolute atomic E-state index is 0.165.